The molecule has 0 spiro atoms. The highest BCUT2D eigenvalue weighted by atomic mass is 32.2. The van der Waals surface area contributed by atoms with Crippen molar-refractivity contribution >= 4 is 32.5 Å². The lowest BCUT2D eigenvalue weighted by molar-refractivity contribution is -0.384. The van der Waals surface area contributed by atoms with Crippen LogP contribution in [0.5, 0.6) is 5.75 Å². The number of halogens is 1. The molecule has 0 saturated carbocycles. The number of carbonyl (C=O) groups is 1. The Kier molecular flexibility index (Phi) is 9.99. The topological polar surface area (TPSA) is 157 Å². The second kappa shape index (κ2) is 14.5. The van der Waals surface area contributed by atoms with E-state index in [9.17, 15) is 32.5 Å². The van der Waals surface area contributed by atoms with Gasteiger partial charge in [0.05, 0.1) is 46.1 Å². The zero-order valence-electron chi connectivity index (χ0n) is 26.9. The van der Waals surface area contributed by atoms with Gasteiger partial charge in [-0.05, 0) is 60.5 Å². The predicted molar refractivity (Wildman–Crippen MR) is 183 cm³/mol. The number of methoxy groups -OCH3 is 1. The Labute approximate surface area is 286 Å². The minimum Gasteiger partial charge on any atom is -0.497 e. The number of nitrogens with one attached hydrogen (secondary N) is 1. The molecular weight excluding hydrogens is 667 g/mol. The van der Waals surface area contributed by atoms with E-state index in [2.05, 4.69) is 5.32 Å². The van der Waals surface area contributed by atoms with Gasteiger partial charge in [0.25, 0.3) is 11.2 Å². The zero-order chi connectivity index (χ0) is 35.4. The molecule has 0 radical (unpaired) electrons. The molecule has 50 heavy (non-hydrogen) atoms. The minimum atomic E-state index is -3.90. The monoisotopic (exact) mass is 700 g/mol. The van der Waals surface area contributed by atoms with E-state index in [0.717, 1.165) is 17.7 Å². The van der Waals surface area contributed by atoms with Gasteiger partial charge in [0.2, 0.25) is 15.9 Å². The third-order valence-electron chi connectivity index (χ3n) is 8.50. The molecular formula is C35H33FN6O7S. The van der Waals surface area contributed by atoms with E-state index in [1.165, 1.54) is 46.3 Å². The van der Waals surface area contributed by atoms with Crippen molar-refractivity contribution < 1.29 is 27.3 Å². The highest BCUT2D eigenvalue weighted by Gasteiger charge is 2.30. The molecule has 1 saturated heterocycles. The van der Waals surface area contributed by atoms with Crippen LogP contribution < -0.4 is 15.6 Å². The highest BCUT2D eigenvalue weighted by Crippen LogP contribution is 2.25. The second-order valence-electron chi connectivity index (χ2n) is 11.7. The maximum Gasteiger partial charge on any atom is 0.269 e. The number of sulfonamides is 1. The fourth-order valence-electron chi connectivity index (χ4n) is 5.91. The lowest BCUT2D eigenvalue weighted by Crippen LogP contribution is -2.51. The van der Waals surface area contributed by atoms with Crippen molar-refractivity contribution in [3.8, 4) is 11.4 Å². The molecule has 4 aromatic carbocycles. The molecule has 1 fully saturated rings. The Morgan fingerprint density at radius 2 is 1.66 bits per heavy atom. The summed E-state index contributed by atoms with van der Waals surface area (Å²) < 4.78 is 48.7. The molecule has 15 heteroatoms. The number of nitrogens with zero attached hydrogens (tertiary/aromatic N) is 5. The maximum atomic E-state index is 14.4. The predicted octanol–water partition coefficient (Wildman–Crippen LogP) is 3.85. The standard InChI is InChI=1S/C35H33FN6O7S/c1-49-28-12-8-26(9-13-28)41-34(38-31-22-25(36)7-16-30(31)35(41)44)32(21-24-5-3-2-4-6-24)37-33(43)23-39-17-19-40(20-18-39)50(47,48)29-14-10-27(11-15-29)42(45)46/h2-16,22,32H,17-21,23H2,1H3,(H,37,43)/t32-/m0/s1. The first-order chi connectivity index (χ1) is 24.0. The van der Waals surface area contributed by atoms with Crippen molar-refractivity contribution in [3.63, 3.8) is 0 Å². The maximum absolute atomic E-state index is 14.4. The van der Waals surface area contributed by atoms with Crippen LogP contribution in [0.3, 0.4) is 0 Å². The molecule has 5 aromatic rings. The summed E-state index contributed by atoms with van der Waals surface area (Å²) in [5, 5.41) is 14.2. The Balaban J connectivity index is 1.26. The Hall–Kier alpha value is -5.51. The molecule has 1 N–H and O–H groups in total. The SMILES string of the molecule is COc1ccc(-n2c([C@H](Cc3ccccc3)NC(=O)CN3CCN(S(=O)(=O)c4ccc([N+](=O)[O-])cc4)CC3)nc3cc(F)ccc3c2=O)cc1. The molecule has 1 aromatic heterocycles. The third-order valence-corrected chi connectivity index (χ3v) is 10.4. The summed E-state index contributed by atoms with van der Waals surface area (Å²) in [6.07, 6.45) is 0.261. The van der Waals surface area contributed by atoms with Crippen molar-refractivity contribution in [2.24, 2.45) is 0 Å². The van der Waals surface area contributed by atoms with Gasteiger partial charge >= 0.3 is 0 Å². The molecule has 258 valence electrons. The molecule has 1 atom stereocenters. The first kappa shape index (κ1) is 34.4. The summed E-state index contributed by atoms with van der Waals surface area (Å²) >= 11 is 0. The quantitative estimate of drug-likeness (QED) is 0.160. The van der Waals surface area contributed by atoms with Crippen molar-refractivity contribution in [3.05, 3.63) is 135 Å². The molecule has 0 aliphatic carbocycles. The fourth-order valence-corrected chi connectivity index (χ4v) is 7.33. The Bertz CT molecular complexity index is 2190. The molecule has 1 amide bonds. The van der Waals surface area contributed by atoms with Gasteiger partial charge < -0.3 is 10.1 Å². The first-order valence-electron chi connectivity index (χ1n) is 15.7. The fraction of sp³-hybridized carbons (Fsp3) is 0.229. The van der Waals surface area contributed by atoms with E-state index in [0.29, 0.717) is 11.4 Å². The molecule has 0 bridgehead atoms. The smallest absolute Gasteiger partial charge is 0.269 e. The van der Waals surface area contributed by atoms with Gasteiger partial charge in [0.15, 0.2) is 0 Å². The normalized spacial score (nSPS) is 14.7. The number of amides is 1. The summed E-state index contributed by atoms with van der Waals surface area (Å²) in [5.41, 5.74) is 0.831. The lowest BCUT2D eigenvalue weighted by Gasteiger charge is -2.34. The van der Waals surface area contributed by atoms with Crippen LogP contribution in [0.1, 0.15) is 17.4 Å². The largest absolute Gasteiger partial charge is 0.497 e. The van der Waals surface area contributed by atoms with Crippen LogP contribution in [-0.4, -0.2) is 77.8 Å². The number of fused-ring (bicyclic) bond motifs is 1. The Morgan fingerprint density at radius 1 is 0.980 bits per heavy atom. The first-order valence-corrected chi connectivity index (χ1v) is 17.1. The van der Waals surface area contributed by atoms with Crippen LogP contribution in [0.4, 0.5) is 10.1 Å². The van der Waals surface area contributed by atoms with Gasteiger partial charge in [-0.2, -0.15) is 4.31 Å². The van der Waals surface area contributed by atoms with Crippen LogP contribution in [0, 0.1) is 15.9 Å². The van der Waals surface area contributed by atoms with Gasteiger partial charge in [-0.25, -0.2) is 17.8 Å². The van der Waals surface area contributed by atoms with Crippen LogP contribution in [0.2, 0.25) is 0 Å². The average Bonchev–Trinajstić information content (AvgIpc) is 3.12. The minimum absolute atomic E-state index is 0.0521. The average molecular weight is 701 g/mol. The van der Waals surface area contributed by atoms with Crippen LogP contribution in [0.15, 0.2) is 107 Å². The summed E-state index contributed by atoms with van der Waals surface area (Å²) in [7, 11) is -2.37. The second-order valence-corrected chi connectivity index (χ2v) is 13.6. The summed E-state index contributed by atoms with van der Waals surface area (Å²) in [6, 6.07) is 23.8. The molecule has 13 nitrogen and oxygen atoms in total. The Morgan fingerprint density at radius 3 is 2.30 bits per heavy atom. The van der Waals surface area contributed by atoms with E-state index < -0.39 is 32.4 Å². The number of nitro groups is 1. The van der Waals surface area contributed by atoms with E-state index in [4.69, 9.17) is 9.72 Å². The molecule has 1 aliphatic heterocycles. The van der Waals surface area contributed by atoms with Crippen molar-refractivity contribution in [1.29, 1.82) is 0 Å². The van der Waals surface area contributed by atoms with Crippen LogP contribution >= 0.6 is 0 Å². The van der Waals surface area contributed by atoms with Gasteiger partial charge in [-0.1, -0.05) is 30.3 Å². The number of rotatable bonds is 11. The van der Waals surface area contributed by atoms with E-state index in [1.54, 1.807) is 24.3 Å². The number of benzene rings is 4. The van der Waals surface area contributed by atoms with Gasteiger partial charge in [-0.3, -0.25) is 29.2 Å². The molecule has 0 unspecified atom stereocenters. The number of ether oxygens (including phenoxy) is 1. The lowest BCUT2D eigenvalue weighted by atomic mass is 10.0. The van der Waals surface area contributed by atoms with Gasteiger partial charge in [-0.15, -0.1) is 0 Å². The van der Waals surface area contributed by atoms with Crippen molar-refractivity contribution in [2.45, 2.75) is 17.4 Å². The summed E-state index contributed by atoms with van der Waals surface area (Å²) in [4.78, 5) is 44.6. The summed E-state index contributed by atoms with van der Waals surface area (Å²) in [5.74, 6) is -0.160. The number of hydrogen-bond acceptors (Lipinski definition) is 9. The number of nitro benzene ring substituents is 1. The van der Waals surface area contributed by atoms with Crippen LogP contribution in [0.25, 0.3) is 16.6 Å². The van der Waals surface area contributed by atoms with E-state index in [1.807, 2.05) is 35.2 Å². The van der Waals surface area contributed by atoms with Crippen LogP contribution in [-0.2, 0) is 21.2 Å². The van der Waals surface area contributed by atoms with Crippen molar-refractivity contribution in [2.75, 3.05) is 39.8 Å². The summed E-state index contributed by atoms with van der Waals surface area (Å²) in [6.45, 7) is 0.662. The number of piperazine rings is 1. The highest BCUT2D eigenvalue weighted by molar-refractivity contribution is 7.89. The van der Waals surface area contributed by atoms with Gasteiger partial charge in [0.1, 0.15) is 17.4 Å². The van der Waals surface area contributed by atoms with E-state index in [-0.39, 0.29) is 72.4 Å². The molecule has 1 aliphatic rings. The molecule has 6 rings (SSSR count). The number of aromatic nitrogens is 2. The molecule has 2 heterocycles. The van der Waals surface area contributed by atoms with Crippen molar-refractivity contribution in [1.82, 2.24) is 24.1 Å². The van der Waals surface area contributed by atoms with Gasteiger partial charge in [0, 0.05) is 44.4 Å². The number of hydrogen-bond donors (Lipinski definition) is 1. The zero-order valence-corrected chi connectivity index (χ0v) is 27.8. The number of non-ortho nitro benzene ring substituents is 1. The van der Waals surface area contributed by atoms with E-state index >= 15 is 0 Å². The third kappa shape index (κ3) is 7.39. The number of carbonyl (C=O) groups excluding carboxylic acids is 1.